The van der Waals surface area contributed by atoms with E-state index in [9.17, 15) is 0 Å². The summed E-state index contributed by atoms with van der Waals surface area (Å²) in [4.78, 5) is 0. The Bertz CT molecular complexity index is 1560. The molecule has 0 aliphatic heterocycles. The van der Waals surface area contributed by atoms with Crippen LogP contribution in [0.3, 0.4) is 0 Å². The maximum absolute atomic E-state index is 6.63. The van der Waals surface area contributed by atoms with Crippen molar-refractivity contribution in [1.29, 1.82) is 0 Å². The van der Waals surface area contributed by atoms with Crippen LogP contribution in [0.15, 0.2) is 108 Å². The smallest absolute Gasteiger partial charge is 0.136 e. The second-order valence-electron chi connectivity index (χ2n) is 7.50. The standard InChI is InChI=1S/C28H17ClO/c29-24-11-5-3-9-21(24)22-15-16-26-28(23-10-4-6-12-25(23)30-26)27(22)20-14-13-18-7-1-2-8-19(18)17-20/h1-17H. The summed E-state index contributed by atoms with van der Waals surface area (Å²) in [6.45, 7) is 0. The molecule has 0 aliphatic rings. The topological polar surface area (TPSA) is 13.1 Å². The summed E-state index contributed by atoms with van der Waals surface area (Å²) in [5, 5.41) is 5.42. The molecule has 0 radical (unpaired) electrons. The van der Waals surface area contributed by atoms with E-state index in [1.165, 1.54) is 10.8 Å². The molecule has 1 aromatic heterocycles. The number of benzene rings is 5. The number of fused-ring (bicyclic) bond motifs is 4. The van der Waals surface area contributed by atoms with Crippen molar-refractivity contribution in [3.63, 3.8) is 0 Å². The lowest BCUT2D eigenvalue weighted by Crippen LogP contribution is -1.88. The van der Waals surface area contributed by atoms with Gasteiger partial charge >= 0.3 is 0 Å². The average Bonchev–Trinajstić information content (AvgIpc) is 3.17. The van der Waals surface area contributed by atoms with Gasteiger partial charge in [-0.2, -0.15) is 0 Å². The van der Waals surface area contributed by atoms with Crippen molar-refractivity contribution in [2.24, 2.45) is 0 Å². The summed E-state index contributed by atoms with van der Waals surface area (Å²) in [5.41, 5.74) is 6.21. The zero-order valence-corrected chi connectivity index (χ0v) is 16.9. The summed E-state index contributed by atoms with van der Waals surface area (Å²) >= 11 is 6.63. The molecule has 0 saturated heterocycles. The molecule has 0 aliphatic carbocycles. The van der Waals surface area contributed by atoms with Crippen molar-refractivity contribution in [3.8, 4) is 22.3 Å². The summed E-state index contributed by atoms with van der Waals surface area (Å²) in [5.74, 6) is 0. The molecule has 1 nitrogen and oxygen atoms in total. The highest BCUT2D eigenvalue weighted by atomic mass is 35.5. The van der Waals surface area contributed by atoms with E-state index < -0.39 is 0 Å². The summed E-state index contributed by atoms with van der Waals surface area (Å²) in [6, 6.07) is 35.5. The number of hydrogen-bond acceptors (Lipinski definition) is 1. The fraction of sp³-hybridized carbons (Fsp3) is 0. The lowest BCUT2D eigenvalue weighted by molar-refractivity contribution is 0.669. The van der Waals surface area contributed by atoms with Gasteiger partial charge in [0.2, 0.25) is 0 Å². The molecule has 5 aromatic carbocycles. The Morgan fingerprint density at radius 1 is 0.567 bits per heavy atom. The van der Waals surface area contributed by atoms with Gasteiger partial charge in [-0.15, -0.1) is 0 Å². The van der Waals surface area contributed by atoms with Crippen LogP contribution in [-0.2, 0) is 0 Å². The van der Waals surface area contributed by atoms with Crippen molar-refractivity contribution in [2.75, 3.05) is 0 Å². The van der Waals surface area contributed by atoms with Crippen LogP contribution in [0.4, 0.5) is 0 Å². The van der Waals surface area contributed by atoms with Gasteiger partial charge in [-0.1, -0.05) is 84.4 Å². The minimum absolute atomic E-state index is 0.742. The predicted octanol–water partition coefficient (Wildman–Crippen LogP) is 8.73. The molecule has 0 fully saturated rings. The van der Waals surface area contributed by atoms with Crippen LogP contribution in [0.5, 0.6) is 0 Å². The number of para-hydroxylation sites is 1. The highest BCUT2D eigenvalue weighted by Gasteiger charge is 2.18. The zero-order chi connectivity index (χ0) is 20.1. The van der Waals surface area contributed by atoms with E-state index in [0.29, 0.717) is 0 Å². The van der Waals surface area contributed by atoms with E-state index in [4.69, 9.17) is 16.0 Å². The van der Waals surface area contributed by atoms with E-state index in [1.807, 2.05) is 30.3 Å². The van der Waals surface area contributed by atoms with Gasteiger partial charge in [0, 0.05) is 26.9 Å². The van der Waals surface area contributed by atoms with Crippen LogP contribution in [0.2, 0.25) is 5.02 Å². The summed E-state index contributed by atoms with van der Waals surface area (Å²) in [7, 11) is 0. The number of rotatable bonds is 2. The van der Waals surface area contributed by atoms with Gasteiger partial charge in [-0.05, 0) is 52.2 Å². The molecule has 0 unspecified atom stereocenters. The molecular formula is C28H17ClO. The molecule has 6 aromatic rings. The Balaban J connectivity index is 1.78. The number of halogens is 1. The molecular weight excluding hydrogens is 388 g/mol. The Kier molecular flexibility index (Phi) is 3.90. The van der Waals surface area contributed by atoms with Crippen LogP contribution in [0, 0.1) is 0 Å². The van der Waals surface area contributed by atoms with Gasteiger partial charge in [0.1, 0.15) is 11.2 Å². The largest absolute Gasteiger partial charge is 0.456 e. The highest BCUT2D eigenvalue weighted by Crippen LogP contribution is 2.44. The molecule has 1 heterocycles. The quantitative estimate of drug-likeness (QED) is 0.281. The number of furan rings is 1. The van der Waals surface area contributed by atoms with E-state index in [1.54, 1.807) is 0 Å². The first-order valence-corrected chi connectivity index (χ1v) is 10.4. The fourth-order valence-electron chi connectivity index (χ4n) is 4.37. The predicted molar refractivity (Wildman–Crippen MR) is 127 cm³/mol. The summed E-state index contributed by atoms with van der Waals surface area (Å²) in [6.07, 6.45) is 0. The molecule has 0 atom stereocenters. The monoisotopic (exact) mass is 404 g/mol. The number of hydrogen-bond donors (Lipinski definition) is 0. The lowest BCUT2D eigenvalue weighted by Gasteiger charge is -2.14. The fourth-order valence-corrected chi connectivity index (χ4v) is 4.60. The van der Waals surface area contributed by atoms with Crippen molar-refractivity contribution in [2.45, 2.75) is 0 Å². The highest BCUT2D eigenvalue weighted by molar-refractivity contribution is 6.34. The third kappa shape index (κ3) is 2.63. The van der Waals surface area contributed by atoms with Crippen LogP contribution in [0.25, 0.3) is 55.0 Å². The Morgan fingerprint density at radius 2 is 1.33 bits per heavy atom. The Hall–Kier alpha value is -3.55. The zero-order valence-electron chi connectivity index (χ0n) is 16.1. The molecule has 6 rings (SSSR count). The molecule has 0 spiro atoms. The molecule has 0 bridgehead atoms. The maximum Gasteiger partial charge on any atom is 0.136 e. The van der Waals surface area contributed by atoms with E-state index in [2.05, 4.69) is 72.8 Å². The van der Waals surface area contributed by atoms with Crippen LogP contribution in [0.1, 0.15) is 0 Å². The van der Waals surface area contributed by atoms with Gasteiger partial charge in [0.25, 0.3) is 0 Å². The lowest BCUT2D eigenvalue weighted by atomic mass is 9.89. The maximum atomic E-state index is 6.63. The molecule has 0 saturated carbocycles. The molecule has 2 heteroatoms. The van der Waals surface area contributed by atoms with Crippen LogP contribution >= 0.6 is 11.6 Å². The van der Waals surface area contributed by atoms with Gasteiger partial charge in [0.05, 0.1) is 0 Å². The molecule has 142 valence electrons. The van der Waals surface area contributed by atoms with Crippen LogP contribution in [-0.4, -0.2) is 0 Å². The SMILES string of the molecule is Clc1ccccc1-c1ccc2oc3ccccc3c2c1-c1ccc2ccccc2c1. The van der Waals surface area contributed by atoms with Crippen molar-refractivity contribution in [3.05, 3.63) is 108 Å². The van der Waals surface area contributed by atoms with Gasteiger partial charge in [0.15, 0.2) is 0 Å². The van der Waals surface area contributed by atoms with Gasteiger partial charge in [-0.25, -0.2) is 0 Å². The van der Waals surface area contributed by atoms with Gasteiger partial charge in [-0.3, -0.25) is 0 Å². The van der Waals surface area contributed by atoms with Gasteiger partial charge < -0.3 is 4.42 Å². The summed E-state index contributed by atoms with van der Waals surface area (Å²) < 4.78 is 6.19. The van der Waals surface area contributed by atoms with E-state index >= 15 is 0 Å². The first-order chi connectivity index (χ1) is 14.8. The molecule has 0 N–H and O–H groups in total. The second-order valence-corrected chi connectivity index (χ2v) is 7.91. The first kappa shape index (κ1) is 17.3. The normalized spacial score (nSPS) is 11.5. The minimum Gasteiger partial charge on any atom is -0.456 e. The van der Waals surface area contributed by atoms with Crippen molar-refractivity contribution < 1.29 is 4.42 Å². The van der Waals surface area contributed by atoms with E-state index in [0.717, 1.165) is 49.2 Å². The van der Waals surface area contributed by atoms with Crippen molar-refractivity contribution >= 4 is 44.3 Å². The molecule has 30 heavy (non-hydrogen) atoms. The van der Waals surface area contributed by atoms with Crippen molar-refractivity contribution in [1.82, 2.24) is 0 Å². The molecule has 0 amide bonds. The third-order valence-electron chi connectivity index (χ3n) is 5.75. The average molecular weight is 405 g/mol. The minimum atomic E-state index is 0.742. The third-order valence-corrected chi connectivity index (χ3v) is 6.08. The van der Waals surface area contributed by atoms with Crippen LogP contribution < -0.4 is 0 Å². The second kappa shape index (κ2) is 6.76. The Labute approximate surface area is 179 Å². The van der Waals surface area contributed by atoms with E-state index in [-0.39, 0.29) is 0 Å². The first-order valence-electron chi connectivity index (χ1n) is 9.98. The Morgan fingerprint density at radius 3 is 2.23 bits per heavy atom.